The minimum absolute atomic E-state index is 0.100. The van der Waals surface area contributed by atoms with Gasteiger partial charge in [-0.1, -0.05) is 0 Å². The number of halogens is 4. The van der Waals surface area contributed by atoms with E-state index in [2.05, 4.69) is 20.3 Å². The van der Waals surface area contributed by atoms with E-state index < -0.39 is 12.7 Å². The molecule has 0 atom stereocenters. The van der Waals surface area contributed by atoms with Crippen LogP contribution in [0.15, 0.2) is 42.9 Å². The van der Waals surface area contributed by atoms with Gasteiger partial charge in [-0.15, -0.1) is 0 Å². The molecular weight excluding hydrogens is 398 g/mol. The molecule has 2 heterocycles. The van der Waals surface area contributed by atoms with Gasteiger partial charge in [0.15, 0.2) is 6.80 Å². The maximum absolute atomic E-state index is 13.6. The molecule has 3 aromatic rings. The Bertz CT molecular complexity index is 993. The Balaban J connectivity index is 1.55. The summed E-state index contributed by atoms with van der Waals surface area (Å²) >= 11 is 0. The Hall–Kier alpha value is -2.97. The summed E-state index contributed by atoms with van der Waals surface area (Å²) in [4.78, 5) is 12.9. The molecule has 5 nitrogen and oxygen atoms in total. The van der Waals surface area contributed by atoms with E-state index in [0.717, 1.165) is 0 Å². The van der Waals surface area contributed by atoms with E-state index in [1.807, 2.05) is 0 Å². The number of hydrogen-bond donors (Lipinski definition) is 1. The molecule has 1 aromatic carbocycles. The monoisotopic (exact) mass is 419 g/mol. The molecule has 4 rings (SSSR count). The van der Waals surface area contributed by atoms with Crippen molar-refractivity contribution in [3.05, 3.63) is 48.7 Å². The van der Waals surface area contributed by atoms with Crippen molar-refractivity contribution in [3.63, 3.8) is 0 Å². The number of nitrogens with zero attached hydrogens (tertiary/aromatic N) is 4. The molecule has 0 saturated heterocycles. The summed E-state index contributed by atoms with van der Waals surface area (Å²) in [6.07, 6.45) is 3.61. The molecule has 9 heteroatoms. The molecule has 1 N–H and O–H groups in total. The third-order valence-corrected chi connectivity index (χ3v) is 5.37. The van der Waals surface area contributed by atoms with E-state index in [9.17, 15) is 17.6 Å². The lowest BCUT2D eigenvalue weighted by molar-refractivity contribution is -0.0443. The van der Waals surface area contributed by atoms with E-state index in [0.29, 0.717) is 48.0 Å². The van der Waals surface area contributed by atoms with Crippen molar-refractivity contribution in [2.45, 2.75) is 38.4 Å². The van der Waals surface area contributed by atoms with Gasteiger partial charge < -0.3 is 5.32 Å². The van der Waals surface area contributed by atoms with Crippen molar-refractivity contribution in [2.24, 2.45) is 5.92 Å². The van der Waals surface area contributed by atoms with Gasteiger partial charge in [0.25, 0.3) is 0 Å². The average molecular weight is 419 g/mol. The van der Waals surface area contributed by atoms with Gasteiger partial charge in [-0.3, -0.25) is 4.57 Å². The van der Waals surface area contributed by atoms with Gasteiger partial charge in [-0.25, -0.2) is 32.5 Å². The highest BCUT2D eigenvalue weighted by molar-refractivity contribution is 5.77. The molecule has 1 saturated carbocycles. The van der Waals surface area contributed by atoms with E-state index >= 15 is 0 Å². The number of nitrogens with one attached hydrogen (secondary N) is 1. The second-order valence-corrected chi connectivity index (χ2v) is 7.48. The number of anilines is 1. The summed E-state index contributed by atoms with van der Waals surface area (Å²) in [5.74, 6) is -2.47. The van der Waals surface area contributed by atoms with Crippen molar-refractivity contribution < 1.29 is 17.6 Å². The van der Waals surface area contributed by atoms with Crippen LogP contribution in [-0.2, 0) is 6.80 Å². The Kier molecular flexibility index (Phi) is 5.69. The first-order valence-electron chi connectivity index (χ1n) is 9.77. The van der Waals surface area contributed by atoms with E-state index in [4.69, 9.17) is 0 Å². The SMILES string of the molecule is FCn1cnc(-c2ccc(F)cc2)c1-c1ccnc(NCC2CCC(F)(F)CC2)n1. The topological polar surface area (TPSA) is 55.6 Å². The quantitative estimate of drug-likeness (QED) is 0.550. The number of imidazole rings is 1. The van der Waals surface area contributed by atoms with Crippen LogP contribution in [0.1, 0.15) is 25.7 Å². The molecule has 0 bridgehead atoms. The largest absolute Gasteiger partial charge is 0.354 e. The highest BCUT2D eigenvalue weighted by Gasteiger charge is 2.34. The lowest BCUT2D eigenvalue weighted by Gasteiger charge is -2.28. The average Bonchev–Trinajstić information content (AvgIpc) is 3.18. The molecule has 1 fully saturated rings. The fourth-order valence-electron chi connectivity index (χ4n) is 3.68. The molecule has 0 unspecified atom stereocenters. The summed E-state index contributed by atoms with van der Waals surface area (Å²) in [6.45, 7) is -0.306. The first-order chi connectivity index (χ1) is 14.4. The van der Waals surface area contributed by atoms with Gasteiger partial charge in [0.1, 0.15) is 5.82 Å². The molecular formula is C21H21F4N5. The van der Waals surface area contributed by atoms with Gasteiger partial charge in [0.05, 0.1) is 23.4 Å². The second kappa shape index (κ2) is 8.41. The van der Waals surface area contributed by atoms with Crippen LogP contribution in [0.4, 0.5) is 23.5 Å². The van der Waals surface area contributed by atoms with Gasteiger partial charge in [-0.05, 0) is 49.1 Å². The fraction of sp³-hybridized carbons (Fsp3) is 0.381. The Labute approximate surface area is 171 Å². The smallest absolute Gasteiger partial charge is 0.248 e. The standard InChI is InChI=1S/C21H21F4N5/c22-12-30-13-28-18(15-1-3-16(23)4-2-15)19(30)17-7-10-26-20(29-17)27-11-14-5-8-21(24,25)9-6-14/h1-4,7,10,13-14H,5-6,8-9,11-12H2,(H,26,27,29). The summed E-state index contributed by atoms with van der Waals surface area (Å²) in [7, 11) is 0. The predicted molar refractivity (Wildman–Crippen MR) is 105 cm³/mol. The van der Waals surface area contributed by atoms with Crippen LogP contribution in [-0.4, -0.2) is 32.0 Å². The highest BCUT2D eigenvalue weighted by atomic mass is 19.3. The maximum atomic E-state index is 13.6. The second-order valence-electron chi connectivity index (χ2n) is 7.48. The van der Waals surface area contributed by atoms with Crippen LogP contribution in [0.25, 0.3) is 22.6 Å². The number of aromatic nitrogens is 4. The number of hydrogen-bond acceptors (Lipinski definition) is 4. The first-order valence-corrected chi connectivity index (χ1v) is 9.77. The van der Waals surface area contributed by atoms with Crippen LogP contribution in [0.3, 0.4) is 0 Å². The zero-order valence-corrected chi connectivity index (χ0v) is 16.2. The molecule has 1 aliphatic rings. The van der Waals surface area contributed by atoms with E-state index in [1.54, 1.807) is 24.4 Å². The summed E-state index contributed by atoms with van der Waals surface area (Å²) in [5, 5.41) is 3.11. The van der Waals surface area contributed by atoms with Gasteiger partial charge in [0, 0.05) is 31.1 Å². The molecule has 0 amide bonds. The van der Waals surface area contributed by atoms with Crippen LogP contribution in [0, 0.1) is 11.7 Å². The number of alkyl halides is 3. The molecule has 0 radical (unpaired) electrons. The maximum Gasteiger partial charge on any atom is 0.248 e. The third-order valence-electron chi connectivity index (χ3n) is 5.37. The lowest BCUT2D eigenvalue weighted by atomic mass is 9.87. The van der Waals surface area contributed by atoms with Crippen LogP contribution in [0.2, 0.25) is 0 Å². The van der Waals surface area contributed by atoms with Gasteiger partial charge in [-0.2, -0.15) is 0 Å². The van der Waals surface area contributed by atoms with Gasteiger partial charge in [0.2, 0.25) is 11.9 Å². The van der Waals surface area contributed by atoms with Crippen molar-refractivity contribution in [3.8, 4) is 22.6 Å². The van der Waals surface area contributed by atoms with E-state index in [1.165, 1.54) is 23.0 Å². The molecule has 0 spiro atoms. The Morgan fingerprint density at radius 1 is 1.07 bits per heavy atom. The lowest BCUT2D eigenvalue weighted by Crippen LogP contribution is -2.28. The van der Waals surface area contributed by atoms with Crippen LogP contribution in [0.5, 0.6) is 0 Å². The summed E-state index contributed by atoms with van der Waals surface area (Å²) in [5.41, 5.74) is 2.02. The first kappa shape index (κ1) is 20.3. The zero-order chi connectivity index (χ0) is 21.1. The molecule has 2 aromatic heterocycles. The summed E-state index contributed by atoms with van der Waals surface area (Å²) in [6, 6.07) is 7.41. The van der Waals surface area contributed by atoms with Crippen LogP contribution >= 0.6 is 0 Å². The van der Waals surface area contributed by atoms with Crippen molar-refractivity contribution in [1.29, 1.82) is 0 Å². The molecule has 158 valence electrons. The summed E-state index contributed by atoms with van der Waals surface area (Å²) < 4.78 is 54.8. The fourth-order valence-corrected chi connectivity index (χ4v) is 3.68. The Morgan fingerprint density at radius 2 is 1.80 bits per heavy atom. The van der Waals surface area contributed by atoms with Crippen LogP contribution < -0.4 is 5.32 Å². The minimum Gasteiger partial charge on any atom is -0.354 e. The number of rotatable bonds is 6. The molecule has 1 aliphatic carbocycles. The highest BCUT2D eigenvalue weighted by Crippen LogP contribution is 2.36. The van der Waals surface area contributed by atoms with Crippen molar-refractivity contribution >= 4 is 5.95 Å². The normalized spacial score (nSPS) is 16.5. The van der Waals surface area contributed by atoms with Crippen molar-refractivity contribution in [2.75, 3.05) is 11.9 Å². The number of benzene rings is 1. The van der Waals surface area contributed by atoms with Gasteiger partial charge >= 0.3 is 0 Å². The molecule has 30 heavy (non-hydrogen) atoms. The Morgan fingerprint density at radius 3 is 2.50 bits per heavy atom. The van der Waals surface area contributed by atoms with E-state index in [-0.39, 0.29) is 24.6 Å². The zero-order valence-electron chi connectivity index (χ0n) is 16.2. The minimum atomic E-state index is -2.56. The van der Waals surface area contributed by atoms with Crippen molar-refractivity contribution in [1.82, 2.24) is 19.5 Å². The third kappa shape index (κ3) is 4.44. The predicted octanol–water partition coefficient (Wildman–Crippen LogP) is 5.31. The molecule has 0 aliphatic heterocycles.